The maximum atomic E-state index is 9.29. The number of hydrogen-bond donors (Lipinski definition) is 1. The molecule has 0 radical (unpaired) electrons. The van der Waals surface area contributed by atoms with Crippen molar-refractivity contribution < 1.29 is 9.68 Å². The molecule has 0 aliphatic rings. The van der Waals surface area contributed by atoms with Crippen molar-refractivity contribution in [3.8, 4) is 0 Å². The normalized spacial score (nSPS) is 11.6. The van der Waals surface area contributed by atoms with Crippen LogP contribution in [0.5, 0.6) is 0 Å². The van der Waals surface area contributed by atoms with Crippen LogP contribution in [0.3, 0.4) is 0 Å². The van der Waals surface area contributed by atoms with E-state index in [1.807, 2.05) is 0 Å². The molecule has 32 valence electrons. The molecule has 0 spiro atoms. The van der Waals surface area contributed by atoms with Crippen LogP contribution in [0.1, 0.15) is 0 Å². The van der Waals surface area contributed by atoms with Crippen molar-refractivity contribution in [2.75, 3.05) is 0 Å². The summed E-state index contributed by atoms with van der Waals surface area (Å²) >= 11 is -4.52. The van der Waals surface area contributed by atoms with E-state index >= 15 is 0 Å². The Balaban J connectivity index is 4.06. The van der Waals surface area contributed by atoms with Crippen LogP contribution in [-0.2, 0) is 6.21 Å². The molecule has 0 rings (SSSR count). The Morgan fingerprint density at radius 3 is 1.60 bits per heavy atom. The zero-order valence-corrected chi connectivity index (χ0v) is 5.00. The van der Waals surface area contributed by atoms with Crippen molar-refractivity contribution in [1.29, 1.82) is 0 Å². The summed E-state index contributed by atoms with van der Waals surface area (Å²) in [6.45, 7) is 0. The zero-order chi connectivity index (χ0) is 4.50. The second-order valence-electron chi connectivity index (χ2n) is 0.733. The fourth-order valence-electron chi connectivity index (χ4n) is 0. The van der Waals surface area contributed by atoms with Gasteiger partial charge in [-0.15, -0.1) is 0 Å². The molecule has 0 aliphatic carbocycles. The summed E-state index contributed by atoms with van der Waals surface area (Å²) in [5, 5.41) is 0. The van der Waals surface area contributed by atoms with E-state index < -0.39 is 18.6 Å². The van der Waals surface area contributed by atoms with Gasteiger partial charge in [0.15, 0.2) is 0 Å². The summed E-state index contributed by atoms with van der Waals surface area (Å²) in [4.78, 5) is 0.822. The van der Waals surface area contributed by atoms with E-state index in [0.717, 1.165) is 4.97 Å². The Labute approximate surface area is 33.7 Å². The van der Waals surface area contributed by atoms with Crippen LogP contribution >= 0.6 is 0 Å². The minimum atomic E-state index is -4.52. The predicted molar refractivity (Wildman–Crippen MR) is 15.2 cm³/mol. The van der Waals surface area contributed by atoms with Crippen LogP contribution in [0.4, 0.5) is 0 Å². The second-order valence-corrected chi connectivity index (χ2v) is 4.92. The zero-order valence-electron chi connectivity index (χ0n) is 2.67. The third kappa shape index (κ3) is 196. The van der Waals surface area contributed by atoms with Crippen molar-refractivity contribution in [3.05, 3.63) is 0 Å². The standard InChI is InChI=1S/CH4O3Te/c1-5(2,3)4/h1H3,(H,2,3,4). The first-order valence-electron chi connectivity index (χ1n) is 0.924. The van der Waals surface area contributed by atoms with E-state index in [2.05, 4.69) is 0 Å². The fraction of sp³-hybridized carbons (Fsp3) is 1.00. The molecule has 0 heterocycles. The van der Waals surface area contributed by atoms with Crippen molar-refractivity contribution >= 4 is 18.6 Å². The third-order valence-electron chi connectivity index (χ3n) is 0. The van der Waals surface area contributed by atoms with E-state index in [1.165, 1.54) is 0 Å². The Bertz CT molecular complexity index is 90.1. The first-order chi connectivity index (χ1) is 2.00. The molecule has 0 aliphatic heterocycles. The molecule has 0 fully saturated rings. The van der Waals surface area contributed by atoms with Gasteiger partial charge in [0.1, 0.15) is 0 Å². The van der Waals surface area contributed by atoms with Gasteiger partial charge in [-0.2, -0.15) is 0 Å². The van der Waals surface area contributed by atoms with E-state index in [-0.39, 0.29) is 0 Å². The summed E-state index contributed by atoms with van der Waals surface area (Å²) in [5.74, 6) is 0. The predicted octanol–water partition coefficient (Wildman–Crippen LogP) is -0.592. The first-order valence-corrected chi connectivity index (χ1v) is 6.20. The number of rotatable bonds is 0. The number of hydrogen-bond acceptors (Lipinski definition) is 2. The molecule has 1 N–H and O–H groups in total. The van der Waals surface area contributed by atoms with Crippen molar-refractivity contribution in [2.45, 2.75) is 4.97 Å². The molecular weight excluding hydrogens is 188 g/mol. The van der Waals surface area contributed by atoms with E-state index in [1.54, 1.807) is 0 Å². The van der Waals surface area contributed by atoms with Gasteiger partial charge in [0, 0.05) is 0 Å². The van der Waals surface area contributed by atoms with Crippen molar-refractivity contribution in [1.82, 2.24) is 0 Å². The summed E-state index contributed by atoms with van der Waals surface area (Å²) in [6.07, 6.45) is 0. The van der Waals surface area contributed by atoms with Gasteiger partial charge in [0.05, 0.1) is 0 Å². The average Bonchev–Trinajstić information content (AvgIpc) is 0.722. The molecule has 0 saturated carbocycles. The van der Waals surface area contributed by atoms with Gasteiger partial charge in [-0.25, -0.2) is 0 Å². The third-order valence-corrected chi connectivity index (χ3v) is 0. The molecule has 0 aromatic carbocycles. The Morgan fingerprint density at radius 1 is 1.60 bits per heavy atom. The molecule has 0 bridgehead atoms. The molecule has 0 aromatic rings. The topological polar surface area (TPSA) is 54.4 Å². The van der Waals surface area contributed by atoms with Crippen LogP contribution in [-0.4, -0.2) is 22.0 Å². The molecule has 0 saturated heterocycles. The Kier molecular flexibility index (Phi) is 1.30. The Morgan fingerprint density at radius 2 is 1.60 bits per heavy atom. The molecule has 3 nitrogen and oxygen atoms in total. The quantitative estimate of drug-likeness (QED) is 0.521. The molecule has 0 amide bonds. The van der Waals surface area contributed by atoms with Gasteiger partial charge in [0.25, 0.3) is 0 Å². The van der Waals surface area contributed by atoms with Gasteiger partial charge in [-0.05, 0) is 0 Å². The SMILES string of the molecule is C[Te](=O)(=O)O. The first kappa shape index (κ1) is 5.35. The summed E-state index contributed by atoms with van der Waals surface area (Å²) in [7, 11) is 0. The van der Waals surface area contributed by atoms with Gasteiger partial charge in [-0.3, -0.25) is 0 Å². The van der Waals surface area contributed by atoms with Gasteiger partial charge in [0.2, 0.25) is 0 Å². The summed E-state index contributed by atoms with van der Waals surface area (Å²) in [5.41, 5.74) is 0. The average molecular weight is 192 g/mol. The molecule has 5 heavy (non-hydrogen) atoms. The van der Waals surface area contributed by atoms with Crippen molar-refractivity contribution in [3.63, 3.8) is 0 Å². The Hall–Kier alpha value is 0.350. The molecule has 4 heteroatoms. The monoisotopic (exact) mass is 194 g/mol. The molecule has 0 atom stereocenters. The van der Waals surface area contributed by atoms with Gasteiger partial charge in [-0.1, -0.05) is 0 Å². The van der Waals surface area contributed by atoms with Crippen LogP contribution in [0.25, 0.3) is 0 Å². The minimum absolute atomic E-state index is 0.822. The van der Waals surface area contributed by atoms with Gasteiger partial charge < -0.3 is 0 Å². The van der Waals surface area contributed by atoms with Crippen LogP contribution in [0.2, 0.25) is 4.97 Å². The molecular formula is CH4O3Te. The fourth-order valence-corrected chi connectivity index (χ4v) is 0. The second kappa shape index (κ2) is 1.21. The molecule has 0 aromatic heterocycles. The molecule has 0 unspecified atom stereocenters. The van der Waals surface area contributed by atoms with E-state index in [0.29, 0.717) is 0 Å². The van der Waals surface area contributed by atoms with Crippen LogP contribution < -0.4 is 0 Å². The van der Waals surface area contributed by atoms with Gasteiger partial charge >= 0.3 is 33.2 Å². The summed E-state index contributed by atoms with van der Waals surface area (Å²) < 4.78 is 26.2. The summed E-state index contributed by atoms with van der Waals surface area (Å²) in [6, 6.07) is 0. The maximum absolute atomic E-state index is 9.29. The van der Waals surface area contributed by atoms with Crippen molar-refractivity contribution in [2.24, 2.45) is 0 Å². The van der Waals surface area contributed by atoms with E-state index in [9.17, 15) is 6.21 Å². The van der Waals surface area contributed by atoms with E-state index in [4.69, 9.17) is 3.47 Å². The van der Waals surface area contributed by atoms with Crippen LogP contribution in [0, 0.1) is 0 Å². The van der Waals surface area contributed by atoms with Crippen LogP contribution in [0.15, 0.2) is 0 Å².